The van der Waals surface area contributed by atoms with Crippen LogP contribution >= 0.6 is 34.8 Å². The van der Waals surface area contributed by atoms with Gasteiger partial charge in [-0.1, -0.05) is 41.4 Å². The number of benzene rings is 2. The van der Waals surface area contributed by atoms with Gasteiger partial charge < -0.3 is 5.11 Å². The topological polar surface area (TPSA) is 69.3 Å². The molecule has 0 aromatic heterocycles. The third kappa shape index (κ3) is 4.24. The van der Waals surface area contributed by atoms with Gasteiger partial charge in [0.15, 0.2) is 0 Å². The summed E-state index contributed by atoms with van der Waals surface area (Å²) in [6.45, 7) is 0.0292. The molecule has 8 heteroatoms. The number of hydrogen-bond acceptors (Lipinski definition) is 5. The molecule has 1 aliphatic rings. The molecule has 134 valence electrons. The van der Waals surface area contributed by atoms with Gasteiger partial charge >= 0.3 is 0 Å². The van der Waals surface area contributed by atoms with Crippen molar-refractivity contribution in [3.05, 3.63) is 63.6 Å². The van der Waals surface area contributed by atoms with Gasteiger partial charge in [-0.2, -0.15) is 5.10 Å². The van der Waals surface area contributed by atoms with E-state index in [2.05, 4.69) is 20.5 Å². The first-order valence-electron chi connectivity index (χ1n) is 7.77. The molecule has 0 saturated carbocycles. The Hall–Kier alpha value is -1.92. The van der Waals surface area contributed by atoms with Gasteiger partial charge in [0, 0.05) is 21.2 Å². The fraction of sp³-hybridized carbons (Fsp3) is 0.167. The number of nitrogens with zero attached hydrogens (tertiary/aromatic N) is 3. The quantitative estimate of drug-likeness (QED) is 0.454. The van der Waals surface area contributed by atoms with Crippen LogP contribution in [0.2, 0.25) is 10.0 Å². The fourth-order valence-electron chi connectivity index (χ4n) is 2.41. The van der Waals surface area contributed by atoms with Gasteiger partial charge in [-0.15, -0.1) is 11.6 Å². The average Bonchev–Trinajstić information content (AvgIpc) is 2.82. The summed E-state index contributed by atoms with van der Waals surface area (Å²) < 4.78 is 0. The van der Waals surface area contributed by atoms with Crippen LogP contribution in [0.1, 0.15) is 11.1 Å². The number of amidine groups is 1. The van der Waals surface area contributed by atoms with Crippen LogP contribution < -0.4 is 5.43 Å². The maximum Gasteiger partial charge on any atom is 0.144 e. The van der Waals surface area contributed by atoms with Gasteiger partial charge in [0.25, 0.3) is 0 Å². The Morgan fingerprint density at radius 1 is 1.15 bits per heavy atom. The molecular weight excluding hydrogens is 395 g/mol. The van der Waals surface area contributed by atoms with Crippen molar-refractivity contribution < 1.29 is 5.11 Å². The number of aliphatic hydroxyl groups excluding tert-OH is 1. The zero-order valence-corrected chi connectivity index (χ0v) is 15.9. The van der Waals surface area contributed by atoms with Crippen LogP contribution in [0.3, 0.4) is 0 Å². The van der Waals surface area contributed by atoms with Gasteiger partial charge in [-0.25, -0.2) is 4.99 Å². The molecule has 3 rings (SSSR count). The van der Waals surface area contributed by atoms with Crippen molar-refractivity contribution in [3.8, 4) is 0 Å². The molecule has 0 saturated heterocycles. The fourth-order valence-corrected chi connectivity index (χ4v) is 2.95. The van der Waals surface area contributed by atoms with E-state index in [-0.39, 0.29) is 19.0 Å². The second-order valence-electron chi connectivity index (χ2n) is 5.45. The van der Waals surface area contributed by atoms with E-state index in [0.717, 1.165) is 11.1 Å². The molecule has 2 aromatic rings. The third-order valence-electron chi connectivity index (χ3n) is 3.66. The summed E-state index contributed by atoms with van der Waals surface area (Å²) in [5.41, 5.74) is 6.22. The third-order valence-corrected chi connectivity index (χ3v) is 4.54. The molecule has 0 amide bonds. The number of fused-ring (bicyclic) bond motifs is 1. The molecule has 0 bridgehead atoms. The maximum absolute atomic E-state index is 9.17. The van der Waals surface area contributed by atoms with E-state index in [0.29, 0.717) is 33.0 Å². The second kappa shape index (κ2) is 8.64. The summed E-state index contributed by atoms with van der Waals surface area (Å²) in [7, 11) is 0. The molecule has 1 heterocycles. The second-order valence-corrected chi connectivity index (χ2v) is 6.56. The molecule has 2 aromatic carbocycles. The van der Waals surface area contributed by atoms with E-state index in [1.807, 2.05) is 36.4 Å². The van der Waals surface area contributed by atoms with Crippen molar-refractivity contribution in [2.75, 3.05) is 19.0 Å². The molecule has 26 heavy (non-hydrogen) atoms. The van der Waals surface area contributed by atoms with Gasteiger partial charge in [0.1, 0.15) is 5.84 Å². The van der Waals surface area contributed by atoms with Crippen molar-refractivity contribution in [3.63, 3.8) is 0 Å². The summed E-state index contributed by atoms with van der Waals surface area (Å²) in [5, 5.41) is 14.4. The first kappa shape index (κ1) is 18.9. The number of rotatable bonds is 4. The molecule has 0 spiro atoms. The van der Waals surface area contributed by atoms with Crippen LogP contribution in [0.4, 0.5) is 5.69 Å². The normalized spacial score (nSPS) is 14.2. The molecular formula is C18H15Cl3N4O. The first-order valence-corrected chi connectivity index (χ1v) is 9.06. The minimum atomic E-state index is -0.232. The monoisotopic (exact) mass is 408 g/mol. The van der Waals surface area contributed by atoms with Crippen LogP contribution in [0.15, 0.2) is 57.6 Å². The van der Waals surface area contributed by atoms with E-state index >= 15 is 0 Å². The molecule has 2 N–H and O–H groups in total. The molecule has 0 aliphatic carbocycles. The van der Waals surface area contributed by atoms with Crippen molar-refractivity contribution in [2.45, 2.75) is 0 Å². The summed E-state index contributed by atoms with van der Waals surface area (Å²) in [4.78, 5) is 9.25. The van der Waals surface area contributed by atoms with Gasteiger partial charge in [0.05, 0.1) is 36.1 Å². The number of aliphatic hydroxyl groups is 1. The number of halogens is 3. The smallest absolute Gasteiger partial charge is 0.144 e. The summed E-state index contributed by atoms with van der Waals surface area (Å²) in [5.74, 6) is 0.642. The van der Waals surface area contributed by atoms with Crippen LogP contribution in [0, 0.1) is 0 Å². The highest BCUT2D eigenvalue weighted by molar-refractivity contribution is 6.36. The lowest BCUT2D eigenvalue weighted by Crippen LogP contribution is -2.24. The molecule has 0 unspecified atom stereocenters. The highest BCUT2D eigenvalue weighted by atomic mass is 35.5. The molecule has 0 radical (unpaired) electrons. The lowest BCUT2D eigenvalue weighted by Gasteiger charge is -2.10. The highest BCUT2D eigenvalue weighted by Gasteiger charge is 2.18. The van der Waals surface area contributed by atoms with E-state index < -0.39 is 0 Å². The minimum absolute atomic E-state index is 0.122. The minimum Gasteiger partial charge on any atom is -0.390 e. The standard InChI is InChI=1S/C18H15Cl3N4O/c19-8-12(10-26)24-25-17-9-22-18(13-3-1-2-4-15(13)21)14-7-11(20)5-6-16(14)23-17/h1-7,26H,8-10H2,(H,23,25)/b24-12-. The number of nitrogens with one attached hydrogen (secondary N) is 1. The Balaban J connectivity index is 2.05. The first-order chi connectivity index (χ1) is 12.6. The van der Waals surface area contributed by atoms with Crippen molar-refractivity contribution in [1.82, 2.24) is 5.43 Å². The highest BCUT2D eigenvalue weighted by Crippen LogP contribution is 2.30. The largest absolute Gasteiger partial charge is 0.390 e. The SMILES string of the molecule is OC/C(CCl)=N\NC1=Nc2ccc(Cl)cc2C(c2ccccc2Cl)=NC1. The van der Waals surface area contributed by atoms with E-state index in [4.69, 9.17) is 39.9 Å². The van der Waals surface area contributed by atoms with Gasteiger partial charge in [-0.05, 0) is 24.3 Å². The summed E-state index contributed by atoms with van der Waals surface area (Å²) in [6, 6.07) is 12.9. The zero-order valence-electron chi connectivity index (χ0n) is 13.6. The van der Waals surface area contributed by atoms with Gasteiger partial charge in [0.2, 0.25) is 0 Å². The van der Waals surface area contributed by atoms with Crippen LogP contribution in [-0.2, 0) is 0 Å². The van der Waals surface area contributed by atoms with Crippen LogP contribution in [0.25, 0.3) is 0 Å². The van der Waals surface area contributed by atoms with Crippen molar-refractivity contribution in [2.24, 2.45) is 15.1 Å². The Bertz CT molecular complexity index is 903. The maximum atomic E-state index is 9.17. The molecule has 0 fully saturated rings. The Labute approximate surface area is 166 Å². The van der Waals surface area contributed by atoms with E-state index in [9.17, 15) is 0 Å². The number of aliphatic imine (C=N–C) groups is 2. The molecule has 5 nitrogen and oxygen atoms in total. The number of hydrazone groups is 1. The van der Waals surface area contributed by atoms with Crippen LogP contribution in [-0.4, -0.2) is 41.4 Å². The zero-order chi connectivity index (χ0) is 18.5. The number of hydrogen-bond donors (Lipinski definition) is 2. The predicted molar refractivity (Wildman–Crippen MR) is 109 cm³/mol. The van der Waals surface area contributed by atoms with Gasteiger partial charge in [-0.3, -0.25) is 10.4 Å². The van der Waals surface area contributed by atoms with E-state index in [1.165, 1.54) is 0 Å². The Kier molecular flexibility index (Phi) is 6.27. The van der Waals surface area contributed by atoms with Crippen LogP contribution in [0.5, 0.6) is 0 Å². The lowest BCUT2D eigenvalue weighted by molar-refractivity contribution is 0.356. The average molecular weight is 410 g/mol. The lowest BCUT2D eigenvalue weighted by atomic mass is 10.0. The molecule has 0 atom stereocenters. The Morgan fingerprint density at radius 3 is 2.69 bits per heavy atom. The van der Waals surface area contributed by atoms with E-state index in [1.54, 1.807) is 6.07 Å². The van der Waals surface area contributed by atoms with Crippen molar-refractivity contribution >= 4 is 57.7 Å². The predicted octanol–water partition coefficient (Wildman–Crippen LogP) is 4.05. The summed E-state index contributed by atoms with van der Waals surface area (Å²) >= 11 is 18.3. The number of alkyl halides is 1. The van der Waals surface area contributed by atoms with Crippen molar-refractivity contribution in [1.29, 1.82) is 0 Å². The Morgan fingerprint density at radius 2 is 1.96 bits per heavy atom. The molecule has 1 aliphatic heterocycles. The summed E-state index contributed by atoms with van der Waals surface area (Å²) in [6.07, 6.45) is 0.